The van der Waals surface area contributed by atoms with Crippen molar-refractivity contribution in [3.8, 4) is 0 Å². The summed E-state index contributed by atoms with van der Waals surface area (Å²) in [6.45, 7) is 2.14. The highest BCUT2D eigenvalue weighted by Crippen LogP contribution is 2.20. The Morgan fingerprint density at radius 3 is 2.36 bits per heavy atom. The maximum atomic E-state index is 5.98. The summed E-state index contributed by atoms with van der Waals surface area (Å²) in [6.07, 6.45) is 11.4. The number of ether oxygens (including phenoxy) is 1. The molecule has 0 aromatic carbocycles. The summed E-state index contributed by atoms with van der Waals surface area (Å²) in [4.78, 5) is 0. The third-order valence-corrected chi connectivity index (χ3v) is 3.50. The molecule has 1 saturated carbocycles. The molecular weight excluding hydrogens is 174 g/mol. The Labute approximate surface area is 87.4 Å². The average Bonchev–Trinajstić information content (AvgIpc) is 2.58. The van der Waals surface area contributed by atoms with Crippen LogP contribution in [0.25, 0.3) is 0 Å². The molecule has 2 heteroatoms. The van der Waals surface area contributed by atoms with Gasteiger partial charge in [-0.2, -0.15) is 0 Å². The predicted molar refractivity (Wildman–Crippen MR) is 58.5 cm³/mol. The van der Waals surface area contributed by atoms with Crippen molar-refractivity contribution in [2.45, 2.75) is 63.5 Å². The van der Waals surface area contributed by atoms with Crippen LogP contribution in [-0.4, -0.2) is 25.3 Å². The van der Waals surface area contributed by atoms with Crippen molar-refractivity contribution in [1.29, 1.82) is 0 Å². The van der Waals surface area contributed by atoms with E-state index in [1.165, 1.54) is 57.9 Å². The highest BCUT2D eigenvalue weighted by Gasteiger charge is 2.17. The SMILES string of the molecule is C1CCCC(OC[C@@H]2CCCN2)CC1. The Morgan fingerprint density at radius 2 is 1.71 bits per heavy atom. The Kier molecular flexibility index (Phi) is 4.26. The first-order chi connectivity index (χ1) is 6.95. The topological polar surface area (TPSA) is 21.3 Å². The summed E-state index contributed by atoms with van der Waals surface area (Å²) < 4.78 is 5.98. The molecule has 1 heterocycles. The van der Waals surface area contributed by atoms with Crippen LogP contribution in [0.4, 0.5) is 0 Å². The quantitative estimate of drug-likeness (QED) is 0.702. The number of hydrogen-bond acceptors (Lipinski definition) is 2. The van der Waals surface area contributed by atoms with Crippen LogP contribution in [-0.2, 0) is 4.74 Å². The lowest BCUT2D eigenvalue weighted by Gasteiger charge is -2.18. The van der Waals surface area contributed by atoms with Gasteiger partial charge in [0.05, 0.1) is 12.7 Å². The molecule has 0 amide bonds. The first kappa shape index (κ1) is 10.4. The fraction of sp³-hybridized carbons (Fsp3) is 1.00. The molecule has 14 heavy (non-hydrogen) atoms. The Morgan fingerprint density at radius 1 is 0.929 bits per heavy atom. The molecule has 0 unspecified atom stereocenters. The molecule has 1 saturated heterocycles. The van der Waals surface area contributed by atoms with Crippen LogP contribution in [0.15, 0.2) is 0 Å². The molecule has 2 aliphatic rings. The summed E-state index contributed by atoms with van der Waals surface area (Å²) in [5.74, 6) is 0. The minimum absolute atomic E-state index is 0.569. The van der Waals surface area contributed by atoms with E-state index in [4.69, 9.17) is 4.74 Å². The van der Waals surface area contributed by atoms with Gasteiger partial charge in [-0.25, -0.2) is 0 Å². The van der Waals surface area contributed by atoms with Crippen molar-refractivity contribution in [2.75, 3.05) is 13.2 Å². The van der Waals surface area contributed by atoms with Gasteiger partial charge in [0, 0.05) is 6.04 Å². The largest absolute Gasteiger partial charge is 0.377 e. The second kappa shape index (κ2) is 5.72. The van der Waals surface area contributed by atoms with Crippen LogP contribution in [0.2, 0.25) is 0 Å². The fourth-order valence-electron chi connectivity index (χ4n) is 2.56. The second-order valence-corrected chi connectivity index (χ2v) is 4.74. The van der Waals surface area contributed by atoms with E-state index in [9.17, 15) is 0 Å². The van der Waals surface area contributed by atoms with E-state index in [1.54, 1.807) is 0 Å². The van der Waals surface area contributed by atoms with Gasteiger partial charge in [-0.05, 0) is 32.2 Å². The summed E-state index contributed by atoms with van der Waals surface area (Å²) in [7, 11) is 0. The Bertz CT molecular complexity index is 146. The maximum absolute atomic E-state index is 5.98. The van der Waals surface area contributed by atoms with Crippen molar-refractivity contribution in [1.82, 2.24) is 5.32 Å². The Hall–Kier alpha value is -0.0800. The highest BCUT2D eigenvalue weighted by molar-refractivity contribution is 4.74. The van der Waals surface area contributed by atoms with Crippen LogP contribution in [0.1, 0.15) is 51.4 Å². The number of nitrogens with one attached hydrogen (secondary N) is 1. The molecule has 0 spiro atoms. The lowest BCUT2D eigenvalue weighted by atomic mass is 10.1. The first-order valence-electron chi connectivity index (χ1n) is 6.30. The van der Waals surface area contributed by atoms with Gasteiger partial charge in [-0.3, -0.25) is 0 Å². The van der Waals surface area contributed by atoms with Gasteiger partial charge in [0.2, 0.25) is 0 Å². The molecule has 2 nitrogen and oxygen atoms in total. The van der Waals surface area contributed by atoms with E-state index < -0.39 is 0 Å². The molecule has 0 aromatic heterocycles. The molecule has 82 valence electrons. The predicted octanol–water partition coefficient (Wildman–Crippen LogP) is 2.48. The van der Waals surface area contributed by atoms with Gasteiger partial charge in [0.25, 0.3) is 0 Å². The van der Waals surface area contributed by atoms with Crippen LogP contribution in [0.5, 0.6) is 0 Å². The van der Waals surface area contributed by atoms with Gasteiger partial charge in [-0.1, -0.05) is 25.7 Å². The molecule has 0 bridgehead atoms. The molecule has 0 aromatic rings. The monoisotopic (exact) mass is 197 g/mol. The van der Waals surface area contributed by atoms with Crippen LogP contribution in [0, 0.1) is 0 Å². The maximum Gasteiger partial charge on any atom is 0.0623 e. The van der Waals surface area contributed by atoms with Crippen molar-refractivity contribution < 1.29 is 4.74 Å². The zero-order valence-corrected chi connectivity index (χ0v) is 9.13. The van der Waals surface area contributed by atoms with Crippen molar-refractivity contribution in [2.24, 2.45) is 0 Å². The van der Waals surface area contributed by atoms with Gasteiger partial charge in [0.15, 0.2) is 0 Å². The smallest absolute Gasteiger partial charge is 0.0623 e. The van der Waals surface area contributed by atoms with Crippen LogP contribution in [0.3, 0.4) is 0 Å². The number of hydrogen-bond donors (Lipinski definition) is 1. The van der Waals surface area contributed by atoms with Crippen LogP contribution >= 0.6 is 0 Å². The lowest BCUT2D eigenvalue weighted by molar-refractivity contribution is 0.0320. The summed E-state index contributed by atoms with van der Waals surface area (Å²) in [6, 6.07) is 0.651. The molecule has 1 aliphatic heterocycles. The third kappa shape index (κ3) is 3.25. The minimum Gasteiger partial charge on any atom is -0.377 e. The fourth-order valence-corrected chi connectivity index (χ4v) is 2.56. The van der Waals surface area contributed by atoms with Gasteiger partial charge in [-0.15, -0.1) is 0 Å². The third-order valence-electron chi connectivity index (χ3n) is 3.50. The van der Waals surface area contributed by atoms with E-state index in [-0.39, 0.29) is 0 Å². The zero-order chi connectivity index (χ0) is 9.64. The molecule has 2 rings (SSSR count). The van der Waals surface area contributed by atoms with Gasteiger partial charge in [0.1, 0.15) is 0 Å². The molecule has 0 radical (unpaired) electrons. The van der Waals surface area contributed by atoms with Crippen LogP contribution < -0.4 is 5.32 Å². The average molecular weight is 197 g/mol. The Balaban J connectivity index is 1.62. The molecule has 1 atom stereocenters. The molecule has 1 N–H and O–H groups in total. The van der Waals surface area contributed by atoms with Crippen molar-refractivity contribution >= 4 is 0 Å². The van der Waals surface area contributed by atoms with E-state index in [0.29, 0.717) is 12.1 Å². The van der Waals surface area contributed by atoms with E-state index in [1.807, 2.05) is 0 Å². The zero-order valence-electron chi connectivity index (χ0n) is 9.13. The van der Waals surface area contributed by atoms with E-state index in [2.05, 4.69) is 5.32 Å². The minimum atomic E-state index is 0.569. The normalized spacial score (nSPS) is 30.4. The number of rotatable bonds is 3. The summed E-state index contributed by atoms with van der Waals surface area (Å²) >= 11 is 0. The molecule has 2 fully saturated rings. The van der Waals surface area contributed by atoms with Crippen molar-refractivity contribution in [3.63, 3.8) is 0 Å². The lowest BCUT2D eigenvalue weighted by Crippen LogP contribution is -2.29. The van der Waals surface area contributed by atoms with E-state index >= 15 is 0 Å². The second-order valence-electron chi connectivity index (χ2n) is 4.74. The standard InChI is InChI=1S/C12H23NO/c1-2-4-8-12(7-3-1)14-10-11-6-5-9-13-11/h11-13H,1-10H2/t11-/m0/s1. The van der Waals surface area contributed by atoms with Gasteiger partial charge < -0.3 is 10.1 Å². The highest BCUT2D eigenvalue weighted by atomic mass is 16.5. The summed E-state index contributed by atoms with van der Waals surface area (Å²) in [5.41, 5.74) is 0. The summed E-state index contributed by atoms with van der Waals surface area (Å²) in [5, 5.41) is 3.49. The van der Waals surface area contributed by atoms with Gasteiger partial charge >= 0.3 is 0 Å². The first-order valence-corrected chi connectivity index (χ1v) is 6.30. The van der Waals surface area contributed by atoms with E-state index in [0.717, 1.165) is 6.61 Å². The molecule has 1 aliphatic carbocycles. The van der Waals surface area contributed by atoms with Crippen molar-refractivity contribution in [3.05, 3.63) is 0 Å². The molecular formula is C12H23NO.